The van der Waals surface area contributed by atoms with Crippen LogP contribution in [0.25, 0.3) is 0 Å². The van der Waals surface area contributed by atoms with Crippen LogP contribution in [0.2, 0.25) is 0 Å². The fraction of sp³-hybridized carbons (Fsp3) is 0.357. The van der Waals surface area contributed by atoms with Crippen LogP contribution in [0.3, 0.4) is 0 Å². The summed E-state index contributed by atoms with van der Waals surface area (Å²) in [6.45, 7) is 0.291. The third-order valence-electron chi connectivity index (χ3n) is 3.07. The molecule has 2 aromatic rings. The molecule has 1 heterocycles. The highest BCUT2D eigenvalue weighted by Crippen LogP contribution is 2.29. The van der Waals surface area contributed by atoms with Crippen LogP contribution < -0.4 is 5.32 Å². The summed E-state index contributed by atoms with van der Waals surface area (Å²) in [5.41, 5.74) is 0.624. The van der Waals surface area contributed by atoms with Crippen molar-refractivity contribution < 1.29 is 13.2 Å². The summed E-state index contributed by atoms with van der Waals surface area (Å²) in [5.74, 6) is 0.702. The molecule has 6 heteroatoms. The summed E-state index contributed by atoms with van der Waals surface area (Å²) >= 11 is 0. The molecule has 1 aromatic heterocycles. The third kappa shape index (κ3) is 4.09. The second kappa shape index (κ2) is 6.09. The fourth-order valence-electron chi connectivity index (χ4n) is 2.01. The van der Waals surface area contributed by atoms with Gasteiger partial charge in [-0.3, -0.25) is 0 Å². The van der Waals surface area contributed by atoms with Crippen LogP contribution in [0.4, 0.5) is 13.2 Å². The Morgan fingerprint density at radius 2 is 1.95 bits per heavy atom. The molecular weight excluding hydrogens is 267 g/mol. The van der Waals surface area contributed by atoms with Gasteiger partial charge < -0.3 is 9.88 Å². The molecule has 1 aromatic carbocycles. The molecule has 1 atom stereocenters. The molecule has 0 saturated heterocycles. The van der Waals surface area contributed by atoms with E-state index in [0.717, 1.165) is 0 Å². The summed E-state index contributed by atoms with van der Waals surface area (Å²) < 4.78 is 39.8. The highest BCUT2D eigenvalue weighted by atomic mass is 19.4. The molecule has 2 rings (SSSR count). The van der Waals surface area contributed by atoms with Gasteiger partial charge in [0.15, 0.2) is 0 Å². The van der Waals surface area contributed by atoms with E-state index in [2.05, 4.69) is 10.3 Å². The predicted octanol–water partition coefficient (Wildman–Crippen LogP) is 3.20. The van der Waals surface area contributed by atoms with E-state index >= 15 is 0 Å². The third-order valence-corrected chi connectivity index (χ3v) is 3.07. The number of imidazole rings is 1. The number of aryl methyl sites for hydroxylation is 1. The maximum atomic E-state index is 12.7. The SMILES string of the molecule is Cn1ccnc1CNC(CC(F)(F)F)c1ccccc1. The second-order valence-electron chi connectivity index (χ2n) is 4.62. The van der Waals surface area contributed by atoms with E-state index in [-0.39, 0.29) is 0 Å². The summed E-state index contributed by atoms with van der Waals surface area (Å²) in [6, 6.07) is 7.88. The summed E-state index contributed by atoms with van der Waals surface area (Å²) in [7, 11) is 1.81. The topological polar surface area (TPSA) is 29.9 Å². The zero-order chi connectivity index (χ0) is 14.6. The van der Waals surface area contributed by atoms with Gasteiger partial charge in [0.2, 0.25) is 0 Å². The minimum Gasteiger partial charge on any atom is -0.337 e. The van der Waals surface area contributed by atoms with Crippen molar-refractivity contribution >= 4 is 0 Å². The number of rotatable bonds is 5. The molecule has 1 N–H and O–H groups in total. The first-order chi connectivity index (χ1) is 9.46. The largest absolute Gasteiger partial charge is 0.390 e. The molecule has 20 heavy (non-hydrogen) atoms. The van der Waals surface area contributed by atoms with Crippen molar-refractivity contribution in [2.75, 3.05) is 0 Å². The monoisotopic (exact) mass is 283 g/mol. The highest BCUT2D eigenvalue weighted by molar-refractivity contribution is 5.19. The first-order valence-electron chi connectivity index (χ1n) is 6.27. The van der Waals surface area contributed by atoms with E-state index in [0.29, 0.717) is 17.9 Å². The van der Waals surface area contributed by atoms with Crippen LogP contribution in [0.5, 0.6) is 0 Å². The first kappa shape index (κ1) is 14.6. The number of aromatic nitrogens is 2. The zero-order valence-corrected chi connectivity index (χ0v) is 11.1. The van der Waals surface area contributed by atoms with Crippen molar-refractivity contribution in [3.63, 3.8) is 0 Å². The van der Waals surface area contributed by atoms with E-state index in [9.17, 15) is 13.2 Å². The average Bonchev–Trinajstić information content (AvgIpc) is 2.80. The fourth-order valence-corrected chi connectivity index (χ4v) is 2.01. The molecule has 0 aliphatic carbocycles. The lowest BCUT2D eigenvalue weighted by Crippen LogP contribution is -2.27. The summed E-state index contributed by atoms with van der Waals surface area (Å²) in [6.07, 6.45) is -1.73. The number of hydrogen-bond donors (Lipinski definition) is 1. The Morgan fingerprint density at radius 1 is 1.25 bits per heavy atom. The minimum absolute atomic E-state index is 0.291. The minimum atomic E-state index is -4.21. The Labute approximate surface area is 115 Å². The quantitative estimate of drug-likeness (QED) is 0.913. The van der Waals surface area contributed by atoms with Crippen LogP contribution in [0.15, 0.2) is 42.7 Å². The van der Waals surface area contributed by atoms with Crippen LogP contribution in [-0.4, -0.2) is 15.7 Å². The molecule has 0 aliphatic rings. The van der Waals surface area contributed by atoms with Crippen molar-refractivity contribution in [3.8, 4) is 0 Å². The Bertz CT molecular complexity index is 534. The molecule has 0 fully saturated rings. The zero-order valence-electron chi connectivity index (χ0n) is 11.1. The van der Waals surface area contributed by atoms with Gasteiger partial charge in [-0.25, -0.2) is 4.98 Å². The number of benzene rings is 1. The Hall–Kier alpha value is -1.82. The van der Waals surface area contributed by atoms with Crippen molar-refractivity contribution in [2.45, 2.75) is 25.2 Å². The van der Waals surface area contributed by atoms with Gasteiger partial charge in [0.1, 0.15) is 5.82 Å². The summed E-state index contributed by atoms with van der Waals surface area (Å²) in [4.78, 5) is 4.10. The van der Waals surface area contributed by atoms with Crippen molar-refractivity contribution in [1.82, 2.24) is 14.9 Å². The maximum absolute atomic E-state index is 12.7. The number of alkyl halides is 3. The molecular formula is C14H16F3N3. The smallest absolute Gasteiger partial charge is 0.337 e. The van der Waals surface area contributed by atoms with Gasteiger partial charge in [0.25, 0.3) is 0 Å². The van der Waals surface area contributed by atoms with Gasteiger partial charge >= 0.3 is 6.18 Å². The van der Waals surface area contributed by atoms with Crippen LogP contribution in [-0.2, 0) is 13.6 Å². The van der Waals surface area contributed by atoms with E-state index < -0.39 is 18.6 Å². The van der Waals surface area contributed by atoms with Crippen molar-refractivity contribution in [3.05, 3.63) is 54.1 Å². The van der Waals surface area contributed by atoms with Crippen molar-refractivity contribution in [1.29, 1.82) is 0 Å². The number of nitrogens with zero attached hydrogens (tertiary/aromatic N) is 2. The molecule has 0 saturated carbocycles. The van der Waals surface area contributed by atoms with Crippen LogP contribution in [0.1, 0.15) is 23.9 Å². The number of halogens is 3. The lowest BCUT2D eigenvalue weighted by Gasteiger charge is -2.20. The van der Waals surface area contributed by atoms with Crippen LogP contribution >= 0.6 is 0 Å². The number of hydrogen-bond acceptors (Lipinski definition) is 2. The molecule has 0 spiro atoms. The molecule has 0 aliphatic heterocycles. The standard InChI is InChI=1S/C14H16F3N3/c1-20-8-7-18-13(20)10-19-12(9-14(15,16)17)11-5-3-2-4-6-11/h2-8,12,19H,9-10H2,1H3. The van der Waals surface area contributed by atoms with E-state index in [1.54, 1.807) is 47.3 Å². The van der Waals surface area contributed by atoms with Gasteiger partial charge in [-0.05, 0) is 5.56 Å². The molecule has 108 valence electrons. The first-order valence-corrected chi connectivity index (χ1v) is 6.27. The normalized spacial score (nSPS) is 13.4. The lowest BCUT2D eigenvalue weighted by atomic mass is 10.0. The lowest BCUT2D eigenvalue weighted by molar-refractivity contribution is -0.140. The molecule has 0 amide bonds. The van der Waals surface area contributed by atoms with Crippen LogP contribution in [0, 0.1) is 0 Å². The molecule has 1 unspecified atom stereocenters. The van der Waals surface area contributed by atoms with Gasteiger partial charge in [0.05, 0.1) is 13.0 Å². The van der Waals surface area contributed by atoms with Gasteiger partial charge in [-0.15, -0.1) is 0 Å². The highest BCUT2D eigenvalue weighted by Gasteiger charge is 2.32. The van der Waals surface area contributed by atoms with E-state index in [1.165, 1.54) is 0 Å². The predicted molar refractivity (Wildman–Crippen MR) is 69.9 cm³/mol. The average molecular weight is 283 g/mol. The van der Waals surface area contributed by atoms with Gasteiger partial charge in [0, 0.05) is 25.5 Å². The maximum Gasteiger partial charge on any atom is 0.390 e. The van der Waals surface area contributed by atoms with Gasteiger partial charge in [-0.2, -0.15) is 13.2 Å². The second-order valence-corrected chi connectivity index (χ2v) is 4.62. The Morgan fingerprint density at radius 3 is 2.50 bits per heavy atom. The molecule has 3 nitrogen and oxygen atoms in total. The van der Waals surface area contributed by atoms with Gasteiger partial charge in [-0.1, -0.05) is 30.3 Å². The number of nitrogens with one attached hydrogen (secondary N) is 1. The van der Waals surface area contributed by atoms with E-state index in [1.807, 2.05) is 7.05 Å². The Balaban J connectivity index is 2.09. The van der Waals surface area contributed by atoms with Crippen molar-refractivity contribution in [2.24, 2.45) is 7.05 Å². The molecule has 0 bridgehead atoms. The Kier molecular flexibility index (Phi) is 4.44. The van der Waals surface area contributed by atoms with E-state index in [4.69, 9.17) is 0 Å². The molecule has 0 radical (unpaired) electrons. The summed E-state index contributed by atoms with van der Waals surface area (Å²) in [5, 5.41) is 2.93.